The van der Waals surface area contributed by atoms with E-state index in [1.54, 1.807) is 7.11 Å². The minimum Gasteiger partial charge on any atom is -0.496 e. The largest absolute Gasteiger partial charge is 0.496 e. The van der Waals surface area contributed by atoms with Gasteiger partial charge in [0.05, 0.1) is 26.7 Å². The molecule has 0 radical (unpaired) electrons. The van der Waals surface area contributed by atoms with Crippen molar-refractivity contribution < 1.29 is 24.1 Å². The molecular weight excluding hydrogens is 308 g/mol. The first kappa shape index (κ1) is 18.7. The number of ether oxygens (including phenoxy) is 3. The first-order chi connectivity index (χ1) is 11.6. The molecule has 1 unspecified atom stereocenters. The number of methoxy groups -OCH3 is 1. The van der Waals surface area contributed by atoms with Gasteiger partial charge >= 0.3 is 5.97 Å². The first-order valence-electron chi connectivity index (χ1n) is 8.75. The number of benzene rings is 1. The summed E-state index contributed by atoms with van der Waals surface area (Å²) in [6, 6.07) is 6.01. The van der Waals surface area contributed by atoms with Gasteiger partial charge in [0, 0.05) is 6.42 Å². The van der Waals surface area contributed by atoms with Crippen LogP contribution in [0.4, 0.5) is 0 Å². The van der Waals surface area contributed by atoms with Crippen LogP contribution in [0.5, 0.6) is 5.75 Å². The molecule has 2 rings (SSSR count). The van der Waals surface area contributed by atoms with Crippen molar-refractivity contribution in [1.82, 2.24) is 0 Å². The van der Waals surface area contributed by atoms with Crippen LogP contribution in [-0.2, 0) is 20.7 Å². The second kappa shape index (κ2) is 9.64. The van der Waals surface area contributed by atoms with E-state index in [0.29, 0.717) is 19.6 Å². The molecule has 0 saturated carbocycles. The lowest BCUT2D eigenvalue weighted by atomic mass is 9.88. The molecule has 134 valence electrons. The van der Waals surface area contributed by atoms with E-state index in [-0.39, 0.29) is 18.6 Å². The minimum atomic E-state index is -0.768. The van der Waals surface area contributed by atoms with Gasteiger partial charge < -0.3 is 19.3 Å². The number of unbranched alkanes of at least 4 members (excludes halogenated alkanes) is 2. The summed E-state index contributed by atoms with van der Waals surface area (Å²) in [5.41, 5.74) is 2.05. The number of carboxylic acid groups (broad SMARTS) is 1. The molecule has 1 atom stereocenters. The summed E-state index contributed by atoms with van der Waals surface area (Å²) < 4.78 is 16.5. The molecule has 1 fully saturated rings. The second-order valence-corrected chi connectivity index (χ2v) is 6.24. The van der Waals surface area contributed by atoms with Gasteiger partial charge in [-0.3, -0.25) is 4.79 Å². The molecule has 24 heavy (non-hydrogen) atoms. The Kier molecular flexibility index (Phi) is 7.53. The van der Waals surface area contributed by atoms with Crippen molar-refractivity contribution in [2.24, 2.45) is 0 Å². The first-order valence-corrected chi connectivity index (χ1v) is 8.75. The lowest BCUT2D eigenvalue weighted by Crippen LogP contribution is -2.12. The summed E-state index contributed by atoms with van der Waals surface area (Å²) in [4.78, 5) is 11.2. The molecule has 5 nitrogen and oxygen atoms in total. The van der Waals surface area contributed by atoms with Crippen LogP contribution in [0.1, 0.15) is 56.1 Å². The molecule has 1 heterocycles. The van der Waals surface area contributed by atoms with E-state index >= 15 is 0 Å². The highest BCUT2D eigenvalue weighted by atomic mass is 16.7. The van der Waals surface area contributed by atoms with Gasteiger partial charge in [0.2, 0.25) is 0 Å². The SMILES string of the molecule is CCCCCC(CC(=O)O)c1ccc(CC2OCCO2)cc1OC. The molecule has 5 heteroatoms. The molecule has 0 aromatic heterocycles. The second-order valence-electron chi connectivity index (χ2n) is 6.24. The molecule has 0 amide bonds. The molecule has 1 aromatic carbocycles. The fraction of sp³-hybridized carbons (Fsp3) is 0.632. The van der Waals surface area contributed by atoms with E-state index in [2.05, 4.69) is 6.92 Å². The van der Waals surface area contributed by atoms with E-state index in [9.17, 15) is 9.90 Å². The van der Waals surface area contributed by atoms with Crippen LogP contribution in [0.15, 0.2) is 18.2 Å². The summed E-state index contributed by atoms with van der Waals surface area (Å²) in [5.74, 6) is -0.0272. The maximum Gasteiger partial charge on any atom is 0.303 e. The number of carboxylic acids is 1. The van der Waals surface area contributed by atoms with Gasteiger partial charge in [0.25, 0.3) is 0 Å². The van der Waals surface area contributed by atoms with Gasteiger partial charge in [-0.05, 0) is 29.5 Å². The summed E-state index contributed by atoms with van der Waals surface area (Å²) in [5, 5.41) is 9.24. The van der Waals surface area contributed by atoms with Crippen molar-refractivity contribution in [2.45, 2.75) is 57.7 Å². The van der Waals surface area contributed by atoms with Gasteiger partial charge in [-0.25, -0.2) is 0 Å². The summed E-state index contributed by atoms with van der Waals surface area (Å²) in [6.07, 6.45) is 4.75. The third kappa shape index (κ3) is 5.49. The zero-order valence-electron chi connectivity index (χ0n) is 14.6. The predicted octanol–water partition coefficient (Wildman–Crippen LogP) is 3.75. The molecule has 1 aromatic rings. The van der Waals surface area contributed by atoms with Gasteiger partial charge in [0.1, 0.15) is 5.75 Å². The van der Waals surface area contributed by atoms with Crippen LogP contribution in [0, 0.1) is 0 Å². The Morgan fingerprint density at radius 2 is 2.08 bits per heavy atom. The number of rotatable bonds is 10. The van der Waals surface area contributed by atoms with E-state index in [1.807, 2.05) is 18.2 Å². The molecule has 0 bridgehead atoms. The topological polar surface area (TPSA) is 65.0 Å². The smallest absolute Gasteiger partial charge is 0.303 e. The maximum atomic E-state index is 11.2. The Hall–Kier alpha value is -1.59. The third-order valence-electron chi connectivity index (χ3n) is 4.41. The van der Waals surface area contributed by atoms with Gasteiger partial charge in [-0.2, -0.15) is 0 Å². The van der Waals surface area contributed by atoms with Gasteiger partial charge in [-0.15, -0.1) is 0 Å². The third-order valence-corrected chi connectivity index (χ3v) is 4.41. The molecular formula is C19H28O5. The fourth-order valence-electron chi connectivity index (χ4n) is 3.16. The Morgan fingerprint density at radius 3 is 2.71 bits per heavy atom. The zero-order valence-corrected chi connectivity index (χ0v) is 14.6. The fourth-order valence-corrected chi connectivity index (χ4v) is 3.16. The van der Waals surface area contributed by atoms with Crippen molar-refractivity contribution in [3.63, 3.8) is 0 Å². The summed E-state index contributed by atoms with van der Waals surface area (Å²) >= 11 is 0. The molecule has 1 aliphatic rings. The molecule has 0 aliphatic carbocycles. The quantitative estimate of drug-likeness (QED) is 0.659. The number of carbonyl (C=O) groups is 1. The van der Waals surface area contributed by atoms with Gasteiger partial charge in [-0.1, -0.05) is 38.3 Å². The van der Waals surface area contributed by atoms with Crippen LogP contribution < -0.4 is 4.74 Å². The van der Waals surface area contributed by atoms with Crippen LogP contribution in [0.25, 0.3) is 0 Å². The Balaban J connectivity index is 2.13. The number of aliphatic carboxylic acids is 1. The monoisotopic (exact) mass is 336 g/mol. The minimum absolute atomic E-state index is 0.0166. The maximum absolute atomic E-state index is 11.2. The highest BCUT2D eigenvalue weighted by Crippen LogP contribution is 2.34. The Morgan fingerprint density at radius 1 is 1.33 bits per heavy atom. The zero-order chi connectivity index (χ0) is 17.4. The summed E-state index contributed by atoms with van der Waals surface area (Å²) in [6.45, 7) is 3.42. The van der Waals surface area contributed by atoms with E-state index < -0.39 is 5.97 Å². The number of hydrogen-bond acceptors (Lipinski definition) is 4. The van der Waals surface area contributed by atoms with Crippen LogP contribution in [0.3, 0.4) is 0 Å². The molecule has 1 aliphatic heterocycles. The van der Waals surface area contributed by atoms with Crippen LogP contribution in [0.2, 0.25) is 0 Å². The normalized spacial score (nSPS) is 16.2. The lowest BCUT2D eigenvalue weighted by molar-refractivity contribution is -0.137. The molecule has 1 N–H and O–H groups in total. The summed E-state index contributed by atoms with van der Waals surface area (Å²) in [7, 11) is 1.63. The highest BCUT2D eigenvalue weighted by Gasteiger charge is 2.21. The van der Waals surface area contributed by atoms with Crippen molar-refractivity contribution in [2.75, 3.05) is 20.3 Å². The predicted molar refractivity (Wildman–Crippen MR) is 91.5 cm³/mol. The van der Waals surface area contributed by atoms with Crippen LogP contribution in [-0.4, -0.2) is 37.7 Å². The van der Waals surface area contributed by atoms with Crippen molar-refractivity contribution in [3.8, 4) is 5.75 Å². The van der Waals surface area contributed by atoms with Crippen LogP contribution >= 0.6 is 0 Å². The Labute approximate surface area is 143 Å². The van der Waals surface area contributed by atoms with Crippen molar-refractivity contribution >= 4 is 5.97 Å². The highest BCUT2D eigenvalue weighted by molar-refractivity contribution is 5.68. The van der Waals surface area contributed by atoms with E-state index in [4.69, 9.17) is 14.2 Å². The van der Waals surface area contributed by atoms with Gasteiger partial charge in [0.15, 0.2) is 6.29 Å². The van der Waals surface area contributed by atoms with Crippen molar-refractivity contribution in [1.29, 1.82) is 0 Å². The van der Waals surface area contributed by atoms with Crippen molar-refractivity contribution in [3.05, 3.63) is 29.3 Å². The Bertz CT molecular complexity index is 522. The standard InChI is InChI=1S/C19H28O5/c1-3-4-5-6-15(13-18(20)21)16-8-7-14(11-17(16)22-2)12-19-23-9-10-24-19/h7-8,11,15,19H,3-6,9-10,12-13H2,1-2H3,(H,20,21). The van der Waals surface area contributed by atoms with E-state index in [0.717, 1.165) is 42.6 Å². The average Bonchev–Trinajstić information content (AvgIpc) is 3.06. The molecule has 1 saturated heterocycles. The van der Waals surface area contributed by atoms with E-state index in [1.165, 1.54) is 0 Å². The lowest BCUT2D eigenvalue weighted by Gasteiger charge is -2.20. The number of hydrogen-bond donors (Lipinski definition) is 1. The molecule has 0 spiro atoms. The average molecular weight is 336 g/mol.